The van der Waals surface area contributed by atoms with Crippen LogP contribution in [0.5, 0.6) is 5.88 Å². The first kappa shape index (κ1) is 11.8. The van der Waals surface area contributed by atoms with Gasteiger partial charge >= 0.3 is 0 Å². The summed E-state index contributed by atoms with van der Waals surface area (Å²) >= 11 is 0. The maximum atomic E-state index is 14.2. The van der Waals surface area contributed by atoms with Gasteiger partial charge in [0, 0.05) is 12.1 Å². The second-order valence-electron chi connectivity index (χ2n) is 4.48. The number of halogens is 1. The fourth-order valence-electron chi connectivity index (χ4n) is 2.06. The zero-order valence-corrected chi connectivity index (χ0v) is 10.4. The summed E-state index contributed by atoms with van der Waals surface area (Å²) in [7, 11) is 1.49. The minimum absolute atomic E-state index is 0.0534. The van der Waals surface area contributed by atoms with Crippen molar-refractivity contribution in [2.24, 2.45) is 0 Å². The third-order valence-electron chi connectivity index (χ3n) is 3.16. The Bertz CT molecular complexity index is 628. The molecule has 0 unspecified atom stereocenters. The largest absolute Gasteiger partial charge is 0.480 e. The number of nitrogens with zero attached hydrogens (tertiary/aromatic N) is 3. The highest BCUT2D eigenvalue weighted by Gasteiger charge is 2.31. The molecule has 6 heteroatoms. The van der Waals surface area contributed by atoms with Gasteiger partial charge in [0.05, 0.1) is 24.1 Å². The van der Waals surface area contributed by atoms with Gasteiger partial charge in [0.25, 0.3) is 0 Å². The third kappa shape index (κ3) is 1.99. The summed E-state index contributed by atoms with van der Waals surface area (Å²) in [6, 6.07) is 1.42. The van der Waals surface area contributed by atoms with Crippen molar-refractivity contribution in [1.82, 2.24) is 15.0 Å². The minimum Gasteiger partial charge on any atom is -0.480 e. The highest BCUT2D eigenvalue weighted by atomic mass is 19.1. The van der Waals surface area contributed by atoms with E-state index in [1.807, 2.05) is 0 Å². The Morgan fingerprint density at radius 2 is 2.11 bits per heavy atom. The molecule has 2 aromatic rings. The van der Waals surface area contributed by atoms with E-state index in [0.717, 1.165) is 18.5 Å². The molecule has 0 spiro atoms. The lowest BCUT2D eigenvalue weighted by Gasteiger charge is -2.12. The Balaban J connectivity index is 2.25. The van der Waals surface area contributed by atoms with Gasteiger partial charge in [0.15, 0.2) is 5.82 Å². The fourth-order valence-corrected chi connectivity index (χ4v) is 2.06. The van der Waals surface area contributed by atoms with E-state index in [-0.39, 0.29) is 11.4 Å². The summed E-state index contributed by atoms with van der Waals surface area (Å²) in [5, 5.41) is 0. The Morgan fingerprint density at radius 1 is 1.32 bits per heavy atom. The van der Waals surface area contributed by atoms with Gasteiger partial charge in [-0.2, -0.15) is 0 Å². The van der Waals surface area contributed by atoms with E-state index < -0.39 is 5.82 Å². The van der Waals surface area contributed by atoms with Crippen LogP contribution >= 0.6 is 0 Å². The molecule has 5 nitrogen and oxygen atoms in total. The number of aromatic nitrogens is 3. The summed E-state index contributed by atoms with van der Waals surface area (Å²) in [4.78, 5) is 12.4. The predicted molar refractivity (Wildman–Crippen MR) is 68.2 cm³/mol. The molecule has 2 heterocycles. The molecule has 0 saturated heterocycles. The number of nitrogen functional groups attached to an aromatic ring is 1. The van der Waals surface area contributed by atoms with Crippen molar-refractivity contribution in [3.8, 4) is 17.1 Å². The van der Waals surface area contributed by atoms with E-state index in [2.05, 4.69) is 15.0 Å². The van der Waals surface area contributed by atoms with Crippen LogP contribution in [0.1, 0.15) is 24.5 Å². The van der Waals surface area contributed by atoms with Crippen molar-refractivity contribution in [3.63, 3.8) is 0 Å². The summed E-state index contributed by atoms with van der Waals surface area (Å²) in [6.07, 6.45) is 4.98. The third-order valence-corrected chi connectivity index (χ3v) is 3.16. The number of ether oxygens (including phenoxy) is 1. The van der Waals surface area contributed by atoms with Crippen molar-refractivity contribution in [2.45, 2.75) is 18.8 Å². The molecule has 1 saturated carbocycles. The van der Waals surface area contributed by atoms with Gasteiger partial charge in [0.1, 0.15) is 12.0 Å². The molecule has 1 fully saturated rings. The molecule has 0 aliphatic heterocycles. The number of hydrogen-bond donors (Lipinski definition) is 1. The normalized spacial score (nSPS) is 14.4. The molecule has 2 aromatic heterocycles. The zero-order valence-electron chi connectivity index (χ0n) is 10.4. The van der Waals surface area contributed by atoms with Crippen LogP contribution in [-0.4, -0.2) is 22.1 Å². The molecule has 1 aliphatic rings. The van der Waals surface area contributed by atoms with E-state index in [0.29, 0.717) is 17.4 Å². The van der Waals surface area contributed by atoms with Gasteiger partial charge in [-0.05, 0) is 18.9 Å². The van der Waals surface area contributed by atoms with Crippen molar-refractivity contribution in [2.75, 3.05) is 12.8 Å². The highest BCUT2D eigenvalue weighted by molar-refractivity contribution is 5.71. The molecule has 19 heavy (non-hydrogen) atoms. The molecule has 0 amide bonds. The van der Waals surface area contributed by atoms with Crippen LogP contribution in [0, 0.1) is 5.82 Å². The lowest BCUT2D eigenvalue weighted by atomic mass is 10.1. The van der Waals surface area contributed by atoms with Crippen LogP contribution in [-0.2, 0) is 0 Å². The quantitative estimate of drug-likeness (QED) is 0.915. The van der Waals surface area contributed by atoms with Crippen LogP contribution in [0.4, 0.5) is 10.1 Å². The molecule has 0 bridgehead atoms. The van der Waals surface area contributed by atoms with Crippen LogP contribution < -0.4 is 10.5 Å². The monoisotopic (exact) mass is 260 g/mol. The predicted octanol–water partition coefficient (Wildman–Crippen LogP) is 2.15. The number of anilines is 1. The Hall–Kier alpha value is -2.24. The molecular formula is C13H13FN4O. The van der Waals surface area contributed by atoms with E-state index in [9.17, 15) is 4.39 Å². The second kappa shape index (κ2) is 4.46. The SMILES string of the molecule is COc1ncnc(C2CC2)c1-c1nccc(N)c1F. The van der Waals surface area contributed by atoms with Gasteiger partial charge in [-0.15, -0.1) is 0 Å². The first-order chi connectivity index (χ1) is 9.22. The molecule has 98 valence electrons. The first-order valence-corrected chi connectivity index (χ1v) is 6.01. The average molecular weight is 260 g/mol. The smallest absolute Gasteiger partial charge is 0.226 e. The van der Waals surface area contributed by atoms with Crippen LogP contribution in [0.15, 0.2) is 18.6 Å². The number of rotatable bonds is 3. The van der Waals surface area contributed by atoms with Crippen molar-refractivity contribution in [1.29, 1.82) is 0 Å². The van der Waals surface area contributed by atoms with E-state index in [1.165, 1.54) is 25.7 Å². The molecule has 0 radical (unpaired) electrons. The van der Waals surface area contributed by atoms with Gasteiger partial charge < -0.3 is 10.5 Å². The topological polar surface area (TPSA) is 73.9 Å². The van der Waals surface area contributed by atoms with Gasteiger partial charge in [-0.3, -0.25) is 4.98 Å². The fraction of sp³-hybridized carbons (Fsp3) is 0.308. The van der Waals surface area contributed by atoms with Crippen LogP contribution in [0.3, 0.4) is 0 Å². The van der Waals surface area contributed by atoms with Crippen LogP contribution in [0.2, 0.25) is 0 Å². The molecule has 0 aromatic carbocycles. The van der Waals surface area contributed by atoms with Crippen LogP contribution in [0.25, 0.3) is 11.3 Å². The zero-order chi connectivity index (χ0) is 13.4. The second-order valence-corrected chi connectivity index (χ2v) is 4.48. The Kier molecular flexibility index (Phi) is 2.77. The minimum atomic E-state index is -0.558. The van der Waals surface area contributed by atoms with Crippen molar-refractivity contribution >= 4 is 5.69 Å². The summed E-state index contributed by atoms with van der Waals surface area (Å²) in [5.74, 6) is 0.0981. The summed E-state index contributed by atoms with van der Waals surface area (Å²) < 4.78 is 19.4. The number of nitrogens with two attached hydrogens (primary N) is 1. The first-order valence-electron chi connectivity index (χ1n) is 6.01. The Morgan fingerprint density at radius 3 is 2.79 bits per heavy atom. The number of hydrogen-bond acceptors (Lipinski definition) is 5. The van der Waals surface area contributed by atoms with E-state index in [4.69, 9.17) is 10.5 Å². The summed E-state index contributed by atoms with van der Waals surface area (Å²) in [6.45, 7) is 0. The molecular weight excluding hydrogens is 247 g/mol. The van der Waals surface area contributed by atoms with E-state index in [1.54, 1.807) is 0 Å². The molecule has 3 rings (SSSR count). The molecule has 0 atom stereocenters. The van der Waals surface area contributed by atoms with Gasteiger partial charge in [-0.25, -0.2) is 14.4 Å². The number of pyridine rings is 1. The lowest BCUT2D eigenvalue weighted by Crippen LogP contribution is -2.03. The Labute approximate surface area is 109 Å². The van der Waals surface area contributed by atoms with Gasteiger partial charge in [-0.1, -0.05) is 0 Å². The van der Waals surface area contributed by atoms with Crippen molar-refractivity contribution < 1.29 is 9.13 Å². The van der Waals surface area contributed by atoms with Crippen molar-refractivity contribution in [3.05, 3.63) is 30.1 Å². The average Bonchev–Trinajstić information content (AvgIpc) is 3.25. The lowest BCUT2D eigenvalue weighted by molar-refractivity contribution is 0.397. The maximum absolute atomic E-state index is 14.2. The molecule has 2 N–H and O–H groups in total. The number of methoxy groups -OCH3 is 1. The summed E-state index contributed by atoms with van der Waals surface area (Å²) in [5.41, 5.74) is 7.09. The molecule has 1 aliphatic carbocycles. The standard InChI is InChI=1S/C13H13FN4O/c1-19-13-9(11(7-2-3-7)17-6-18-13)12-10(14)8(15)4-5-16-12/h4-7H,2-3H2,1H3,(H2,15,16). The van der Waals surface area contributed by atoms with Gasteiger partial charge in [0.2, 0.25) is 5.88 Å². The highest BCUT2D eigenvalue weighted by Crippen LogP contribution is 2.45. The maximum Gasteiger partial charge on any atom is 0.226 e. The van der Waals surface area contributed by atoms with E-state index >= 15 is 0 Å².